The molecule has 1 aliphatic rings. The van der Waals surface area contributed by atoms with Gasteiger partial charge >= 0.3 is 0 Å². The summed E-state index contributed by atoms with van der Waals surface area (Å²) in [6, 6.07) is -0.269. The molecule has 23 heavy (non-hydrogen) atoms. The van der Waals surface area contributed by atoms with Gasteiger partial charge in [0.05, 0.1) is 12.6 Å². The number of amides is 1. The van der Waals surface area contributed by atoms with Crippen molar-refractivity contribution in [1.82, 2.24) is 25.1 Å². The van der Waals surface area contributed by atoms with E-state index in [-0.39, 0.29) is 18.1 Å². The molecule has 1 amide bonds. The summed E-state index contributed by atoms with van der Waals surface area (Å²) in [5.74, 6) is 1.43. The Morgan fingerprint density at radius 3 is 3.22 bits per heavy atom. The third kappa shape index (κ3) is 3.74. The van der Waals surface area contributed by atoms with Crippen LogP contribution in [-0.4, -0.2) is 56.7 Å². The Labute approximate surface area is 138 Å². The van der Waals surface area contributed by atoms with Crippen LogP contribution in [-0.2, 0) is 16.0 Å². The number of ether oxygens (including phenoxy) is 1. The zero-order chi connectivity index (χ0) is 16.2. The first-order valence-electron chi connectivity index (χ1n) is 7.64. The highest BCUT2D eigenvalue weighted by Gasteiger charge is 2.30. The Bertz CT molecular complexity index is 643. The van der Waals surface area contributed by atoms with E-state index in [1.54, 1.807) is 6.20 Å². The summed E-state index contributed by atoms with van der Waals surface area (Å²) in [6.45, 7) is 5.75. The molecule has 0 saturated carbocycles. The number of nitrogens with one attached hydrogen (secondary N) is 2. The lowest BCUT2D eigenvalue weighted by atomic mass is 10.2. The van der Waals surface area contributed by atoms with Gasteiger partial charge in [-0.05, 0) is 6.92 Å². The number of hydrogen-bond donors (Lipinski definition) is 2. The van der Waals surface area contributed by atoms with Crippen molar-refractivity contribution < 1.29 is 9.53 Å². The number of carbonyl (C=O) groups is 1. The molecule has 8 nitrogen and oxygen atoms in total. The van der Waals surface area contributed by atoms with E-state index in [0.29, 0.717) is 30.7 Å². The molecule has 2 atom stereocenters. The molecule has 9 heteroatoms. The predicted molar refractivity (Wildman–Crippen MR) is 86.2 cm³/mol. The molecule has 0 aromatic carbocycles. The summed E-state index contributed by atoms with van der Waals surface area (Å²) < 4.78 is 5.76. The number of nitrogens with zero attached hydrogens (tertiary/aromatic N) is 4. The van der Waals surface area contributed by atoms with Crippen LogP contribution in [0.5, 0.6) is 0 Å². The van der Waals surface area contributed by atoms with Gasteiger partial charge in [-0.15, -0.1) is 11.3 Å². The number of morpholine rings is 1. The van der Waals surface area contributed by atoms with E-state index in [2.05, 4.69) is 30.4 Å². The SMILES string of the molecule is CCc1nc([C@@H]2CN([C@H](C)C(=O)Nc3nccs3)CCO2)n[nH]1. The van der Waals surface area contributed by atoms with Crippen LogP contribution in [0.1, 0.15) is 31.6 Å². The molecule has 0 radical (unpaired) electrons. The van der Waals surface area contributed by atoms with Crippen LogP contribution in [0.15, 0.2) is 11.6 Å². The third-order valence-corrected chi connectivity index (χ3v) is 4.55. The number of aromatic amines is 1. The summed E-state index contributed by atoms with van der Waals surface area (Å²) >= 11 is 1.41. The van der Waals surface area contributed by atoms with Gasteiger partial charge in [-0.2, -0.15) is 5.10 Å². The average Bonchev–Trinajstić information content (AvgIpc) is 3.25. The van der Waals surface area contributed by atoms with E-state index in [0.717, 1.165) is 12.2 Å². The van der Waals surface area contributed by atoms with E-state index in [4.69, 9.17) is 4.74 Å². The fourth-order valence-electron chi connectivity index (χ4n) is 2.45. The summed E-state index contributed by atoms with van der Waals surface area (Å²) in [5.41, 5.74) is 0. The van der Waals surface area contributed by atoms with Gasteiger partial charge in [0.15, 0.2) is 11.0 Å². The normalized spacial score (nSPS) is 20.3. The average molecular weight is 336 g/mol. The molecule has 3 rings (SSSR count). The minimum atomic E-state index is -0.269. The maximum absolute atomic E-state index is 12.3. The number of carbonyl (C=O) groups excluding carboxylic acids is 1. The van der Waals surface area contributed by atoms with Gasteiger partial charge in [0.25, 0.3) is 0 Å². The molecule has 0 aliphatic carbocycles. The van der Waals surface area contributed by atoms with Crippen LogP contribution in [0, 0.1) is 0 Å². The molecule has 0 bridgehead atoms. The summed E-state index contributed by atoms with van der Waals surface area (Å²) in [4.78, 5) is 22.9. The molecule has 0 unspecified atom stereocenters. The van der Waals surface area contributed by atoms with Gasteiger partial charge in [0, 0.05) is 31.1 Å². The van der Waals surface area contributed by atoms with Crippen molar-refractivity contribution in [2.75, 3.05) is 25.0 Å². The fourth-order valence-corrected chi connectivity index (χ4v) is 2.98. The largest absolute Gasteiger partial charge is 0.367 e. The quantitative estimate of drug-likeness (QED) is 0.852. The van der Waals surface area contributed by atoms with Crippen molar-refractivity contribution in [3.8, 4) is 0 Å². The molecule has 124 valence electrons. The molecule has 2 aromatic rings. The molecule has 1 saturated heterocycles. The van der Waals surface area contributed by atoms with Crippen LogP contribution in [0.3, 0.4) is 0 Å². The Morgan fingerprint density at radius 1 is 1.65 bits per heavy atom. The van der Waals surface area contributed by atoms with Crippen molar-refractivity contribution >= 4 is 22.4 Å². The molecule has 0 spiro atoms. The highest BCUT2D eigenvalue weighted by atomic mass is 32.1. The van der Waals surface area contributed by atoms with Gasteiger partial charge in [0.1, 0.15) is 11.9 Å². The molecular weight excluding hydrogens is 316 g/mol. The van der Waals surface area contributed by atoms with Crippen LogP contribution >= 0.6 is 11.3 Å². The van der Waals surface area contributed by atoms with Crippen LogP contribution in [0.25, 0.3) is 0 Å². The highest BCUT2D eigenvalue weighted by Crippen LogP contribution is 2.21. The Morgan fingerprint density at radius 2 is 2.52 bits per heavy atom. The Balaban J connectivity index is 1.62. The van der Waals surface area contributed by atoms with Gasteiger partial charge in [-0.25, -0.2) is 9.97 Å². The number of anilines is 1. The second kappa shape index (κ2) is 7.16. The zero-order valence-electron chi connectivity index (χ0n) is 13.2. The van der Waals surface area contributed by atoms with Gasteiger partial charge in [0.2, 0.25) is 5.91 Å². The number of rotatable bonds is 5. The van der Waals surface area contributed by atoms with E-state index in [1.807, 2.05) is 19.2 Å². The lowest BCUT2D eigenvalue weighted by Gasteiger charge is -2.34. The van der Waals surface area contributed by atoms with Crippen molar-refractivity contribution in [2.24, 2.45) is 0 Å². The first kappa shape index (κ1) is 16.0. The maximum Gasteiger partial charge on any atom is 0.243 e. The van der Waals surface area contributed by atoms with Gasteiger partial charge in [-0.1, -0.05) is 6.92 Å². The predicted octanol–water partition coefficient (Wildman–Crippen LogP) is 1.22. The van der Waals surface area contributed by atoms with Crippen LogP contribution in [0.4, 0.5) is 5.13 Å². The Kier molecular flexibility index (Phi) is 4.99. The van der Waals surface area contributed by atoms with Crippen molar-refractivity contribution in [2.45, 2.75) is 32.4 Å². The van der Waals surface area contributed by atoms with Crippen LogP contribution in [0.2, 0.25) is 0 Å². The van der Waals surface area contributed by atoms with E-state index in [9.17, 15) is 4.79 Å². The molecule has 1 fully saturated rings. The molecular formula is C14H20N6O2S. The fraction of sp³-hybridized carbons (Fsp3) is 0.571. The van der Waals surface area contributed by atoms with Gasteiger partial charge < -0.3 is 10.1 Å². The topological polar surface area (TPSA) is 96.0 Å². The monoisotopic (exact) mass is 336 g/mol. The molecule has 2 aromatic heterocycles. The molecule has 3 heterocycles. The van der Waals surface area contributed by atoms with E-state index < -0.39 is 0 Å². The first-order chi connectivity index (χ1) is 11.2. The standard InChI is InChI=1S/C14H20N6O2S/c1-3-11-16-12(19-18-11)10-8-20(5-6-22-10)9(2)13(21)17-14-15-4-7-23-14/h4,7,9-10H,3,5-6,8H2,1-2H3,(H,15,17,21)(H,16,18,19)/t9-,10+/m1/s1. The molecule has 1 aliphatic heterocycles. The lowest BCUT2D eigenvalue weighted by Crippen LogP contribution is -2.48. The van der Waals surface area contributed by atoms with E-state index >= 15 is 0 Å². The summed E-state index contributed by atoms with van der Waals surface area (Å²) in [6.07, 6.45) is 2.26. The minimum absolute atomic E-state index is 0.0650. The number of hydrogen-bond acceptors (Lipinski definition) is 7. The van der Waals surface area contributed by atoms with E-state index in [1.165, 1.54) is 11.3 Å². The minimum Gasteiger partial charge on any atom is -0.367 e. The number of H-pyrrole nitrogens is 1. The zero-order valence-corrected chi connectivity index (χ0v) is 14.0. The van der Waals surface area contributed by atoms with Crippen molar-refractivity contribution in [3.05, 3.63) is 23.2 Å². The second-order valence-corrected chi connectivity index (χ2v) is 6.25. The number of aromatic nitrogens is 4. The highest BCUT2D eigenvalue weighted by molar-refractivity contribution is 7.13. The first-order valence-corrected chi connectivity index (χ1v) is 8.52. The smallest absolute Gasteiger partial charge is 0.243 e. The van der Waals surface area contributed by atoms with Crippen LogP contribution < -0.4 is 5.32 Å². The summed E-state index contributed by atoms with van der Waals surface area (Å²) in [7, 11) is 0. The third-order valence-electron chi connectivity index (χ3n) is 3.86. The molecule has 2 N–H and O–H groups in total. The lowest BCUT2D eigenvalue weighted by molar-refractivity contribution is -0.124. The Hall–Kier alpha value is -1.84. The maximum atomic E-state index is 12.3. The number of aryl methyl sites for hydroxylation is 1. The van der Waals surface area contributed by atoms with Crippen molar-refractivity contribution in [1.29, 1.82) is 0 Å². The second-order valence-electron chi connectivity index (χ2n) is 5.35. The van der Waals surface area contributed by atoms with Gasteiger partial charge in [-0.3, -0.25) is 14.8 Å². The summed E-state index contributed by atoms with van der Waals surface area (Å²) in [5, 5.41) is 12.4. The van der Waals surface area contributed by atoms with Crippen molar-refractivity contribution in [3.63, 3.8) is 0 Å². The number of thiazole rings is 1.